The molecule has 6 aromatic heterocycles. The molecule has 0 aliphatic carbocycles. The summed E-state index contributed by atoms with van der Waals surface area (Å²) in [5, 5.41) is 15.3. The summed E-state index contributed by atoms with van der Waals surface area (Å²) in [5.41, 5.74) is 22.1. The molecule has 8 N–H and O–H groups in total. The normalized spacial score (nSPS) is 16.8. The van der Waals surface area contributed by atoms with Crippen LogP contribution in [0, 0.1) is 0 Å². The van der Waals surface area contributed by atoms with Crippen LogP contribution >= 0.6 is 83.1 Å². The number of piperidine rings is 3. The molecule has 35 heteroatoms. The van der Waals surface area contributed by atoms with E-state index in [2.05, 4.69) is 96.7 Å². The smallest absolute Gasteiger partial charge is 0.303 e. The number of rotatable bonds is 12. The highest BCUT2D eigenvalue weighted by Gasteiger charge is 2.34. The molecule has 6 aliphatic heterocycles. The second kappa shape index (κ2) is 28.0. The Morgan fingerprint density at radius 2 is 0.840 bits per heavy atom. The minimum absolute atomic E-state index is 0.0395. The Morgan fingerprint density at radius 3 is 1.17 bits per heavy atom. The third kappa shape index (κ3) is 13.5. The molecule has 2 amide bonds. The number of halogens is 3. The summed E-state index contributed by atoms with van der Waals surface area (Å²) in [6.45, 7) is 9.11. The zero-order chi connectivity index (χ0) is 65.5. The molecule has 0 spiro atoms. The van der Waals surface area contributed by atoms with Crippen molar-refractivity contribution in [1.82, 2.24) is 73.7 Å². The van der Waals surface area contributed by atoms with Crippen LogP contribution in [0.1, 0.15) is 77.4 Å². The third-order valence-corrected chi connectivity index (χ3v) is 22.1. The van der Waals surface area contributed by atoms with Crippen molar-refractivity contribution in [2.75, 3.05) is 76.8 Å². The molecule has 9 aromatic rings. The number of nitrogens with zero attached hydrogens (tertiary/aromatic N) is 14. The number of esters is 1. The maximum absolute atomic E-state index is 12.7. The van der Waals surface area contributed by atoms with Gasteiger partial charge in [-0.05, 0) is 150 Å². The van der Waals surface area contributed by atoms with Crippen molar-refractivity contribution in [2.24, 2.45) is 0 Å². The molecule has 29 nitrogen and oxygen atoms in total. The Labute approximate surface area is 574 Å². The SMILES string of the molecule is CC(=O)O[C@@H](C)C(=O)N1CCC(n2c(Sc3cc4c(cc3Br)OCO4)nc3c(N)ncnc32)CC1.C[C@H](O)C(=O)N1CCC(n2c(Sc3cc4c(cc3Br)OCO4)nc3c(N)ncnc32)CC1.Nc1ncnc2c1nc(Sc1cc3c(cc1Br)OCO3)n2C1CCNCC1. The fourth-order valence-corrected chi connectivity index (χ4v) is 16.4. The maximum atomic E-state index is 12.7. The van der Waals surface area contributed by atoms with E-state index in [1.165, 1.54) is 56.4 Å². The van der Waals surface area contributed by atoms with Gasteiger partial charge in [0, 0.05) is 79.3 Å². The molecule has 3 saturated heterocycles. The van der Waals surface area contributed by atoms with Gasteiger partial charge in [0.15, 0.2) is 107 Å². The lowest BCUT2D eigenvalue weighted by Crippen LogP contribution is -2.44. The van der Waals surface area contributed by atoms with Crippen molar-refractivity contribution in [1.29, 1.82) is 0 Å². The number of nitrogen functional groups attached to an aromatic ring is 3. The fourth-order valence-electron chi connectivity index (χ4n) is 11.7. The van der Waals surface area contributed by atoms with E-state index in [1.54, 1.807) is 28.5 Å². The summed E-state index contributed by atoms with van der Waals surface area (Å²) in [5.74, 6) is 4.34. The van der Waals surface area contributed by atoms with E-state index >= 15 is 0 Å². The lowest BCUT2D eigenvalue weighted by molar-refractivity contribution is -0.158. The topological polar surface area (TPSA) is 363 Å². The number of aliphatic hydroxyl groups is 1. The minimum atomic E-state index is -0.998. The first-order chi connectivity index (χ1) is 45.4. The number of carbonyl (C=O) groups excluding carboxylic acids is 3. The quantitative estimate of drug-likeness (QED) is 0.0713. The van der Waals surface area contributed by atoms with Crippen LogP contribution in [0.15, 0.2) is 99.0 Å². The molecule has 2 atom stereocenters. The van der Waals surface area contributed by atoms with Gasteiger partial charge in [-0.15, -0.1) is 0 Å². The molecule has 12 heterocycles. The van der Waals surface area contributed by atoms with E-state index in [-0.39, 0.29) is 44.3 Å². The number of aliphatic hydroxyl groups excluding tert-OH is 1. The van der Waals surface area contributed by atoms with E-state index in [0.717, 1.165) is 81.5 Å². The second-order valence-electron chi connectivity index (χ2n) is 22.3. The van der Waals surface area contributed by atoms with Crippen molar-refractivity contribution in [2.45, 2.75) is 120 Å². The number of carbonyl (C=O) groups is 3. The highest BCUT2D eigenvalue weighted by Crippen LogP contribution is 2.48. The molecule has 94 heavy (non-hydrogen) atoms. The molecule has 3 fully saturated rings. The fraction of sp³-hybridized carbons (Fsp3) is 0.390. The number of benzene rings is 3. The Morgan fingerprint density at radius 1 is 0.521 bits per heavy atom. The van der Waals surface area contributed by atoms with Crippen molar-refractivity contribution in [3.8, 4) is 34.5 Å². The summed E-state index contributed by atoms with van der Waals surface area (Å²) in [4.78, 5) is 82.4. The molecule has 0 bridgehead atoms. The Kier molecular flexibility index (Phi) is 19.3. The molecule has 0 saturated carbocycles. The van der Waals surface area contributed by atoms with E-state index in [4.69, 9.17) is 65.3 Å². The van der Waals surface area contributed by atoms with Gasteiger partial charge in [0.2, 0.25) is 20.4 Å². The largest absolute Gasteiger partial charge is 0.454 e. The summed E-state index contributed by atoms with van der Waals surface area (Å²) in [6, 6.07) is 11.9. The van der Waals surface area contributed by atoms with Gasteiger partial charge in [-0.1, -0.05) is 35.3 Å². The summed E-state index contributed by atoms with van der Waals surface area (Å²) in [7, 11) is 0. The van der Waals surface area contributed by atoms with Crippen LogP contribution in [0.2, 0.25) is 0 Å². The van der Waals surface area contributed by atoms with Crippen LogP contribution < -0.4 is 50.9 Å². The molecule has 492 valence electrons. The molecule has 3 aromatic carbocycles. The Balaban J connectivity index is 0.000000129. The van der Waals surface area contributed by atoms with Gasteiger partial charge in [0.1, 0.15) is 25.1 Å². The number of nitrogens with two attached hydrogens (primary N) is 3. The molecule has 0 radical (unpaired) electrons. The van der Waals surface area contributed by atoms with E-state index in [9.17, 15) is 19.5 Å². The number of anilines is 3. The van der Waals surface area contributed by atoms with Gasteiger partial charge in [-0.3, -0.25) is 28.1 Å². The number of fused-ring (bicyclic) bond motifs is 6. The van der Waals surface area contributed by atoms with Crippen molar-refractivity contribution in [3.63, 3.8) is 0 Å². The average Bonchev–Trinajstić information content (AvgIpc) is 1.63. The number of likely N-dealkylation sites (tertiary alicyclic amines) is 2. The van der Waals surface area contributed by atoms with Crippen molar-refractivity contribution < 1.29 is 52.6 Å². The molecule has 6 aliphatic rings. The summed E-state index contributed by atoms with van der Waals surface area (Å²) >= 11 is 15.3. The maximum Gasteiger partial charge on any atom is 0.303 e. The van der Waals surface area contributed by atoms with E-state index in [1.807, 2.05) is 36.4 Å². The first-order valence-corrected chi connectivity index (χ1v) is 34.7. The van der Waals surface area contributed by atoms with Crippen LogP contribution in [-0.4, -0.2) is 163 Å². The van der Waals surface area contributed by atoms with Crippen molar-refractivity contribution >= 4 is 152 Å². The van der Waals surface area contributed by atoms with Crippen LogP contribution in [-0.2, 0) is 19.1 Å². The van der Waals surface area contributed by atoms with Crippen LogP contribution in [0.3, 0.4) is 0 Å². The van der Waals surface area contributed by atoms with Gasteiger partial charge >= 0.3 is 5.97 Å². The highest BCUT2D eigenvalue weighted by molar-refractivity contribution is 9.11. The lowest BCUT2D eigenvalue weighted by atomic mass is 10.0. The molecular formula is C59H61Br3N18O11S3. The van der Waals surface area contributed by atoms with Crippen LogP contribution in [0.25, 0.3) is 33.5 Å². The van der Waals surface area contributed by atoms with Crippen molar-refractivity contribution in [3.05, 3.63) is 68.8 Å². The average molecular weight is 1530 g/mol. The monoisotopic (exact) mass is 1530 g/mol. The number of nitrogens with one attached hydrogen (secondary N) is 1. The van der Waals surface area contributed by atoms with E-state index in [0.29, 0.717) is 131 Å². The van der Waals surface area contributed by atoms with Crippen LogP contribution in [0.4, 0.5) is 17.5 Å². The summed E-state index contributed by atoms with van der Waals surface area (Å²) < 4.78 is 47.0. The summed E-state index contributed by atoms with van der Waals surface area (Å²) in [6.07, 6.45) is 7.40. The Bertz CT molecular complexity index is 4390. The third-order valence-electron chi connectivity index (χ3n) is 16.3. The Hall–Kier alpha value is -7.67. The van der Waals surface area contributed by atoms with Crippen LogP contribution in [0.5, 0.6) is 34.5 Å². The number of hydrogen-bond donors (Lipinski definition) is 5. The standard InChI is InChI=1S/C22H23BrN6O5S.C20H21BrN6O4S.C17H17BrN6O2S/c1-11(34-12(2)30)21(31)28-5-3-13(4-6-28)29-20-18(19(24)25-9-26-20)27-22(29)35-17-8-16-15(7-14(17)23)32-10-33-16;1-10(28)19(29)26-4-2-11(3-5-26)27-18-16(17(22)23-8-24-18)25-20(27)32-15-7-14-13(6-12(15)21)30-9-31-14;18-10-5-11-12(26-8-25-11)6-13(10)27-17-23-14-15(19)21-7-22-16(14)24(17)9-1-3-20-4-2-9/h7-9,11,13H,3-6,10H2,1-2H3,(H2,24,25,26);6-8,10-11,28H,2-5,9H2,1H3,(H2,22,23,24);5-7,9,20H,1-4,8H2,(H2,19,21,22)/t11-;10-;/m00./s1. The number of hydrogen-bond acceptors (Lipinski definition) is 27. The predicted molar refractivity (Wildman–Crippen MR) is 356 cm³/mol. The lowest BCUT2D eigenvalue weighted by Gasteiger charge is -2.34. The molecular weight excluding hydrogens is 1470 g/mol. The van der Waals surface area contributed by atoms with Gasteiger partial charge in [0.25, 0.3) is 11.8 Å². The number of ether oxygens (including phenoxy) is 7. The van der Waals surface area contributed by atoms with Gasteiger partial charge < -0.3 is 70.6 Å². The first kappa shape index (κ1) is 65.0. The van der Waals surface area contributed by atoms with Gasteiger partial charge in [-0.2, -0.15) is 0 Å². The molecule has 0 unspecified atom stereocenters. The number of imidazole rings is 3. The van der Waals surface area contributed by atoms with E-state index < -0.39 is 18.2 Å². The highest BCUT2D eigenvalue weighted by atomic mass is 79.9. The number of amides is 2. The molecule has 15 rings (SSSR count). The minimum Gasteiger partial charge on any atom is -0.454 e. The number of aromatic nitrogens is 12. The van der Waals surface area contributed by atoms with Gasteiger partial charge in [-0.25, -0.2) is 44.9 Å². The zero-order valence-electron chi connectivity index (χ0n) is 50.6. The first-order valence-electron chi connectivity index (χ1n) is 29.8. The zero-order valence-corrected chi connectivity index (χ0v) is 57.8. The predicted octanol–water partition coefficient (Wildman–Crippen LogP) is 8.74. The van der Waals surface area contributed by atoms with Gasteiger partial charge in [0.05, 0.1) is 0 Å². The second-order valence-corrected chi connectivity index (χ2v) is 27.9.